The smallest absolute Gasteiger partial charge is 0.229 e. The van der Waals surface area contributed by atoms with Gasteiger partial charge in [0.1, 0.15) is 11.4 Å². The lowest BCUT2D eigenvalue weighted by Gasteiger charge is -2.14. The zero-order valence-electron chi connectivity index (χ0n) is 12.3. The lowest BCUT2D eigenvalue weighted by atomic mass is 10.2. The van der Waals surface area contributed by atoms with Gasteiger partial charge >= 0.3 is 0 Å². The second-order valence-corrected chi connectivity index (χ2v) is 7.19. The third-order valence-corrected chi connectivity index (χ3v) is 3.46. The second kappa shape index (κ2) is 6.43. The van der Waals surface area contributed by atoms with Crippen molar-refractivity contribution in [1.29, 1.82) is 0 Å². The average Bonchev–Trinajstić information content (AvgIpc) is 2.43. The number of hydrogen-bond donors (Lipinski definition) is 0. The molecule has 0 unspecified atom stereocenters. The van der Waals surface area contributed by atoms with Crippen molar-refractivity contribution < 1.29 is 4.43 Å². The van der Waals surface area contributed by atoms with Crippen LogP contribution in [-0.2, 0) is 0 Å². The number of aryl methyl sites for hydroxylation is 1. The normalized spacial score (nSPS) is 11.8. The van der Waals surface area contributed by atoms with Gasteiger partial charge in [-0.05, 0) is 44.6 Å². The van der Waals surface area contributed by atoms with Crippen LogP contribution in [0, 0.1) is 6.92 Å². The quantitative estimate of drug-likeness (QED) is 0.639. The third-order valence-electron chi connectivity index (χ3n) is 2.73. The minimum atomic E-state index is -1.17. The fourth-order valence-electron chi connectivity index (χ4n) is 1.83. The molecule has 0 amide bonds. The molecule has 0 radical (unpaired) electrons. The lowest BCUT2D eigenvalue weighted by molar-refractivity contribution is 0.581. The fourth-order valence-corrected chi connectivity index (χ4v) is 2.53. The van der Waals surface area contributed by atoms with Crippen LogP contribution in [0.15, 0.2) is 41.7 Å². The predicted octanol–water partition coefficient (Wildman–Crippen LogP) is 3.29. The highest BCUT2D eigenvalue weighted by atomic mass is 28.3. The van der Waals surface area contributed by atoms with Crippen molar-refractivity contribution in [2.45, 2.75) is 26.9 Å². The molecule has 0 spiro atoms. The molecular weight excluding hydrogens is 266 g/mol. The molecule has 0 bridgehead atoms. The Kier molecular flexibility index (Phi) is 4.63. The Morgan fingerprint density at radius 1 is 1.15 bits per heavy atom. The van der Waals surface area contributed by atoms with E-state index in [1.165, 1.54) is 0 Å². The molecule has 20 heavy (non-hydrogen) atoms. The number of rotatable bonds is 4. The summed E-state index contributed by atoms with van der Waals surface area (Å²) in [4.78, 5) is 13.1. The van der Waals surface area contributed by atoms with E-state index in [-0.39, 0.29) is 0 Å². The third kappa shape index (κ3) is 3.51. The van der Waals surface area contributed by atoms with E-state index < -0.39 is 9.04 Å². The Balaban J connectivity index is 2.42. The molecule has 0 saturated heterocycles. The van der Waals surface area contributed by atoms with Gasteiger partial charge in [0, 0.05) is 12.4 Å². The van der Waals surface area contributed by atoms with Crippen LogP contribution in [0.2, 0.25) is 13.1 Å². The summed E-state index contributed by atoms with van der Waals surface area (Å²) in [6.45, 7) is 8.23. The SMILES string of the molecule is CC(=Nc1c(C)cccc1O[SiH](C)C)c1ncccn1. The summed E-state index contributed by atoms with van der Waals surface area (Å²) in [6, 6.07) is 7.79. The van der Waals surface area contributed by atoms with Gasteiger partial charge in [-0.2, -0.15) is 0 Å². The Morgan fingerprint density at radius 3 is 2.50 bits per heavy atom. The van der Waals surface area contributed by atoms with Crippen LogP contribution in [0.3, 0.4) is 0 Å². The highest BCUT2D eigenvalue weighted by molar-refractivity contribution is 6.49. The number of aromatic nitrogens is 2. The van der Waals surface area contributed by atoms with Crippen LogP contribution < -0.4 is 4.43 Å². The first-order chi connectivity index (χ1) is 9.58. The molecule has 0 N–H and O–H groups in total. The first-order valence-corrected chi connectivity index (χ1v) is 9.45. The molecule has 0 saturated carbocycles. The van der Waals surface area contributed by atoms with E-state index >= 15 is 0 Å². The van der Waals surface area contributed by atoms with Crippen LogP contribution >= 0.6 is 0 Å². The van der Waals surface area contributed by atoms with Gasteiger partial charge in [0.2, 0.25) is 9.04 Å². The van der Waals surface area contributed by atoms with Crippen LogP contribution in [0.1, 0.15) is 18.3 Å². The first kappa shape index (κ1) is 14.4. The minimum Gasteiger partial charge on any atom is -0.546 e. The number of para-hydroxylation sites is 1. The van der Waals surface area contributed by atoms with Crippen molar-refractivity contribution in [2.75, 3.05) is 0 Å². The Hall–Kier alpha value is -2.01. The number of nitrogens with zero attached hydrogens (tertiary/aromatic N) is 3. The van der Waals surface area contributed by atoms with Gasteiger partial charge in [0.05, 0.1) is 5.71 Å². The largest absolute Gasteiger partial charge is 0.546 e. The summed E-state index contributed by atoms with van der Waals surface area (Å²) >= 11 is 0. The molecule has 0 fully saturated rings. The van der Waals surface area contributed by atoms with Crippen LogP contribution in [-0.4, -0.2) is 24.7 Å². The van der Waals surface area contributed by atoms with Gasteiger partial charge in [0.15, 0.2) is 5.82 Å². The summed E-state index contributed by atoms with van der Waals surface area (Å²) in [5.74, 6) is 1.49. The van der Waals surface area contributed by atoms with Crippen molar-refractivity contribution in [2.24, 2.45) is 4.99 Å². The zero-order chi connectivity index (χ0) is 14.5. The molecule has 0 atom stereocenters. The standard InChI is InChI=1S/C15H19N3OSi/c1-11-7-5-8-13(19-20(3)4)14(11)18-12(2)15-16-9-6-10-17-15/h5-10,20H,1-4H3. The maximum atomic E-state index is 5.95. The summed E-state index contributed by atoms with van der Waals surface area (Å²) in [6.07, 6.45) is 3.44. The highest BCUT2D eigenvalue weighted by Crippen LogP contribution is 2.32. The van der Waals surface area contributed by atoms with Gasteiger partial charge in [-0.3, -0.25) is 0 Å². The molecule has 104 valence electrons. The number of benzene rings is 1. The molecule has 1 aromatic carbocycles. The Labute approximate surface area is 121 Å². The summed E-state index contributed by atoms with van der Waals surface area (Å²) in [7, 11) is -1.17. The van der Waals surface area contributed by atoms with Crippen LogP contribution in [0.4, 0.5) is 5.69 Å². The molecule has 1 heterocycles. The van der Waals surface area contributed by atoms with E-state index in [9.17, 15) is 0 Å². The van der Waals surface area contributed by atoms with Gasteiger partial charge in [-0.25, -0.2) is 15.0 Å². The monoisotopic (exact) mass is 285 g/mol. The molecule has 0 aliphatic rings. The van der Waals surface area contributed by atoms with Crippen LogP contribution in [0.5, 0.6) is 5.75 Å². The molecular formula is C15H19N3OSi. The van der Waals surface area contributed by atoms with Gasteiger partial charge in [-0.1, -0.05) is 12.1 Å². The molecule has 0 aliphatic heterocycles. The molecule has 4 nitrogen and oxygen atoms in total. The van der Waals surface area contributed by atoms with E-state index in [1.807, 2.05) is 32.0 Å². The Bertz CT molecular complexity index is 612. The summed E-state index contributed by atoms with van der Waals surface area (Å²) in [5.41, 5.74) is 2.75. The van der Waals surface area contributed by atoms with Crippen LogP contribution in [0.25, 0.3) is 0 Å². The van der Waals surface area contributed by atoms with Crippen molar-refractivity contribution >= 4 is 20.4 Å². The summed E-state index contributed by atoms with van der Waals surface area (Å²) < 4.78 is 5.95. The average molecular weight is 285 g/mol. The van der Waals surface area contributed by atoms with Crippen molar-refractivity contribution in [3.63, 3.8) is 0 Å². The van der Waals surface area contributed by atoms with E-state index in [2.05, 4.69) is 28.1 Å². The van der Waals surface area contributed by atoms with E-state index in [4.69, 9.17) is 4.43 Å². The van der Waals surface area contributed by atoms with E-state index in [0.717, 1.165) is 22.7 Å². The van der Waals surface area contributed by atoms with Crippen molar-refractivity contribution in [3.05, 3.63) is 48.0 Å². The van der Waals surface area contributed by atoms with Gasteiger partial charge < -0.3 is 4.43 Å². The molecule has 1 aromatic heterocycles. The molecule has 2 rings (SSSR count). The summed E-state index contributed by atoms with van der Waals surface area (Å²) in [5, 5.41) is 0. The van der Waals surface area contributed by atoms with Gasteiger partial charge in [-0.15, -0.1) is 0 Å². The van der Waals surface area contributed by atoms with E-state index in [0.29, 0.717) is 5.82 Å². The Morgan fingerprint density at radius 2 is 1.85 bits per heavy atom. The fraction of sp³-hybridized carbons (Fsp3) is 0.267. The van der Waals surface area contributed by atoms with Crippen molar-refractivity contribution in [3.8, 4) is 5.75 Å². The van der Waals surface area contributed by atoms with Gasteiger partial charge in [0.25, 0.3) is 0 Å². The molecule has 0 aliphatic carbocycles. The minimum absolute atomic E-state index is 0.642. The zero-order valence-corrected chi connectivity index (χ0v) is 13.4. The highest BCUT2D eigenvalue weighted by Gasteiger charge is 2.09. The molecule has 2 aromatic rings. The molecule has 5 heteroatoms. The maximum absolute atomic E-state index is 5.95. The van der Waals surface area contributed by atoms with E-state index in [1.54, 1.807) is 18.5 Å². The lowest BCUT2D eigenvalue weighted by Crippen LogP contribution is -2.11. The number of hydrogen-bond acceptors (Lipinski definition) is 4. The van der Waals surface area contributed by atoms with Crippen molar-refractivity contribution in [1.82, 2.24) is 9.97 Å². The maximum Gasteiger partial charge on any atom is 0.229 e. The predicted molar refractivity (Wildman–Crippen MR) is 84.6 cm³/mol. The first-order valence-electron chi connectivity index (χ1n) is 6.67. The second-order valence-electron chi connectivity index (χ2n) is 4.86. The number of aliphatic imine (C=N–C) groups is 1. The topological polar surface area (TPSA) is 47.4 Å².